The number of Topliss-reactive ketones (excluding diaryl/α,β-unsaturated/α-hetero) is 1. The van der Waals surface area contributed by atoms with Crippen molar-refractivity contribution < 1.29 is 4.79 Å². The molecule has 1 rings (SSSR count). The van der Waals surface area contributed by atoms with Crippen molar-refractivity contribution in [3.63, 3.8) is 0 Å². The molecule has 0 heterocycles. The minimum Gasteiger partial charge on any atom is -0.300 e. The zero-order valence-corrected chi connectivity index (χ0v) is 10.1. The van der Waals surface area contributed by atoms with Crippen LogP contribution in [0.1, 0.15) is 37.0 Å². The molecule has 0 aliphatic carbocycles. The summed E-state index contributed by atoms with van der Waals surface area (Å²) in [5, 5.41) is 0. The highest BCUT2D eigenvalue weighted by atomic mass is 16.1. The highest BCUT2D eigenvalue weighted by Crippen LogP contribution is 2.14. The Labute approximate surface area is 92.5 Å². The predicted octanol–water partition coefficient (Wildman–Crippen LogP) is 3.46. The Kier molecular flexibility index (Phi) is 4.07. The third-order valence-electron chi connectivity index (χ3n) is 3.13. The first-order valence-corrected chi connectivity index (χ1v) is 5.57. The Morgan fingerprint density at radius 3 is 2.47 bits per heavy atom. The lowest BCUT2D eigenvalue weighted by atomic mass is 9.96. The van der Waals surface area contributed by atoms with Gasteiger partial charge in [0.25, 0.3) is 0 Å². The second kappa shape index (κ2) is 5.11. The maximum absolute atomic E-state index is 11.1. The van der Waals surface area contributed by atoms with Gasteiger partial charge in [-0.05, 0) is 50.3 Å². The van der Waals surface area contributed by atoms with E-state index in [9.17, 15) is 4.79 Å². The lowest BCUT2D eigenvalue weighted by Gasteiger charge is -2.08. The molecule has 1 nitrogen and oxygen atoms in total. The average molecular weight is 204 g/mol. The minimum absolute atomic E-state index is 0.187. The molecule has 0 saturated carbocycles. The predicted molar refractivity (Wildman–Crippen MR) is 64.1 cm³/mol. The molecular formula is C14H20O. The van der Waals surface area contributed by atoms with E-state index in [0.29, 0.717) is 5.78 Å². The third kappa shape index (κ3) is 3.50. The van der Waals surface area contributed by atoms with Gasteiger partial charge in [-0.2, -0.15) is 0 Å². The molecule has 0 amide bonds. The average Bonchev–Trinajstić information content (AvgIpc) is 2.19. The zero-order chi connectivity index (χ0) is 11.4. The van der Waals surface area contributed by atoms with Crippen molar-refractivity contribution in [2.45, 2.75) is 40.5 Å². The van der Waals surface area contributed by atoms with E-state index in [-0.39, 0.29) is 5.92 Å². The maximum Gasteiger partial charge on any atom is 0.132 e. The number of hydrogen-bond donors (Lipinski definition) is 0. The van der Waals surface area contributed by atoms with Gasteiger partial charge >= 0.3 is 0 Å². The van der Waals surface area contributed by atoms with Gasteiger partial charge in [0.2, 0.25) is 0 Å². The molecule has 1 atom stereocenters. The quantitative estimate of drug-likeness (QED) is 0.734. The first-order chi connectivity index (χ1) is 7.00. The van der Waals surface area contributed by atoms with Crippen molar-refractivity contribution >= 4 is 5.78 Å². The Balaban J connectivity index is 2.58. The summed E-state index contributed by atoms with van der Waals surface area (Å²) in [5.74, 6) is 0.477. The van der Waals surface area contributed by atoms with Gasteiger partial charge in [0.15, 0.2) is 0 Å². The topological polar surface area (TPSA) is 17.1 Å². The lowest BCUT2D eigenvalue weighted by molar-refractivity contribution is -0.120. The Morgan fingerprint density at radius 1 is 1.27 bits per heavy atom. The van der Waals surface area contributed by atoms with Crippen LogP contribution in [0.5, 0.6) is 0 Å². The van der Waals surface area contributed by atoms with Gasteiger partial charge in [-0.1, -0.05) is 25.1 Å². The molecule has 1 aromatic rings. The van der Waals surface area contributed by atoms with Gasteiger partial charge in [-0.3, -0.25) is 4.79 Å². The van der Waals surface area contributed by atoms with Crippen LogP contribution in [0.2, 0.25) is 0 Å². The fourth-order valence-corrected chi connectivity index (χ4v) is 1.55. The molecule has 1 heteroatoms. The van der Waals surface area contributed by atoms with Crippen LogP contribution in [-0.2, 0) is 11.2 Å². The van der Waals surface area contributed by atoms with Gasteiger partial charge < -0.3 is 0 Å². The molecular weight excluding hydrogens is 184 g/mol. The van der Waals surface area contributed by atoms with Crippen molar-refractivity contribution in [1.82, 2.24) is 0 Å². The summed E-state index contributed by atoms with van der Waals surface area (Å²) >= 11 is 0. The van der Waals surface area contributed by atoms with Crippen LogP contribution in [0, 0.1) is 19.8 Å². The summed E-state index contributed by atoms with van der Waals surface area (Å²) in [7, 11) is 0. The standard InChI is InChI=1S/C14H20O/c1-10-5-7-14(9-12(10)3)8-6-11(2)13(4)15/h5,7,9,11H,6,8H2,1-4H3. The van der Waals surface area contributed by atoms with E-state index in [0.717, 1.165) is 12.8 Å². The van der Waals surface area contributed by atoms with E-state index in [4.69, 9.17) is 0 Å². The first-order valence-electron chi connectivity index (χ1n) is 5.57. The molecule has 0 fully saturated rings. The van der Waals surface area contributed by atoms with Gasteiger partial charge in [0.1, 0.15) is 5.78 Å². The van der Waals surface area contributed by atoms with Crippen LogP contribution in [-0.4, -0.2) is 5.78 Å². The summed E-state index contributed by atoms with van der Waals surface area (Å²) in [6.07, 6.45) is 1.96. The highest BCUT2D eigenvalue weighted by molar-refractivity contribution is 5.77. The van der Waals surface area contributed by atoms with Gasteiger partial charge in [0, 0.05) is 5.92 Å². The van der Waals surface area contributed by atoms with Crippen LogP contribution in [0.15, 0.2) is 18.2 Å². The summed E-state index contributed by atoms with van der Waals surface area (Å²) in [5.41, 5.74) is 4.01. The fraction of sp³-hybridized carbons (Fsp3) is 0.500. The molecule has 0 bridgehead atoms. The second-order valence-corrected chi connectivity index (χ2v) is 4.47. The third-order valence-corrected chi connectivity index (χ3v) is 3.13. The molecule has 0 aliphatic rings. The van der Waals surface area contributed by atoms with Crippen molar-refractivity contribution in [2.24, 2.45) is 5.92 Å². The van der Waals surface area contributed by atoms with E-state index in [2.05, 4.69) is 32.0 Å². The Morgan fingerprint density at radius 2 is 1.93 bits per heavy atom. The molecule has 0 N–H and O–H groups in total. The maximum atomic E-state index is 11.1. The SMILES string of the molecule is CC(=O)C(C)CCc1ccc(C)c(C)c1. The summed E-state index contributed by atoms with van der Waals surface area (Å²) in [4.78, 5) is 11.1. The number of benzene rings is 1. The van der Waals surface area contributed by atoms with Gasteiger partial charge in [-0.25, -0.2) is 0 Å². The molecule has 1 unspecified atom stereocenters. The van der Waals surface area contributed by atoms with Gasteiger partial charge in [-0.15, -0.1) is 0 Å². The number of ketones is 1. The van der Waals surface area contributed by atoms with Crippen LogP contribution in [0.25, 0.3) is 0 Å². The van der Waals surface area contributed by atoms with Crippen LogP contribution in [0.4, 0.5) is 0 Å². The molecule has 0 saturated heterocycles. The molecule has 0 radical (unpaired) electrons. The number of hydrogen-bond acceptors (Lipinski definition) is 1. The van der Waals surface area contributed by atoms with Crippen molar-refractivity contribution in [3.8, 4) is 0 Å². The molecule has 82 valence electrons. The smallest absolute Gasteiger partial charge is 0.132 e. The Bertz CT molecular complexity index is 352. The highest BCUT2D eigenvalue weighted by Gasteiger charge is 2.07. The van der Waals surface area contributed by atoms with Crippen LogP contribution in [0.3, 0.4) is 0 Å². The molecule has 15 heavy (non-hydrogen) atoms. The number of rotatable bonds is 4. The zero-order valence-electron chi connectivity index (χ0n) is 10.1. The fourth-order valence-electron chi connectivity index (χ4n) is 1.55. The molecule has 0 aliphatic heterocycles. The van der Waals surface area contributed by atoms with Crippen LogP contribution < -0.4 is 0 Å². The van der Waals surface area contributed by atoms with Crippen molar-refractivity contribution in [3.05, 3.63) is 34.9 Å². The van der Waals surface area contributed by atoms with Crippen LogP contribution >= 0.6 is 0 Å². The monoisotopic (exact) mass is 204 g/mol. The van der Waals surface area contributed by atoms with E-state index in [1.807, 2.05) is 6.92 Å². The van der Waals surface area contributed by atoms with Crippen molar-refractivity contribution in [2.75, 3.05) is 0 Å². The van der Waals surface area contributed by atoms with Gasteiger partial charge in [0.05, 0.1) is 0 Å². The van der Waals surface area contributed by atoms with E-state index in [1.54, 1.807) is 6.92 Å². The van der Waals surface area contributed by atoms with E-state index >= 15 is 0 Å². The number of carbonyl (C=O) groups excluding carboxylic acids is 1. The molecule has 0 aromatic heterocycles. The summed E-state index contributed by atoms with van der Waals surface area (Å²) in [6.45, 7) is 7.93. The molecule has 0 spiro atoms. The minimum atomic E-state index is 0.187. The number of aryl methyl sites for hydroxylation is 3. The van der Waals surface area contributed by atoms with E-state index < -0.39 is 0 Å². The Hall–Kier alpha value is -1.11. The molecule has 1 aromatic carbocycles. The van der Waals surface area contributed by atoms with E-state index in [1.165, 1.54) is 16.7 Å². The largest absolute Gasteiger partial charge is 0.300 e. The summed E-state index contributed by atoms with van der Waals surface area (Å²) in [6, 6.07) is 6.54. The number of carbonyl (C=O) groups is 1. The second-order valence-electron chi connectivity index (χ2n) is 4.47. The van der Waals surface area contributed by atoms with Crippen molar-refractivity contribution in [1.29, 1.82) is 0 Å². The first kappa shape index (κ1) is 12.0. The summed E-state index contributed by atoms with van der Waals surface area (Å²) < 4.78 is 0. The normalized spacial score (nSPS) is 12.5. The lowest BCUT2D eigenvalue weighted by Crippen LogP contribution is -2.07.